The molecule has 0 aromatic carbocycles. The number of nitrogens with one attached hydrogen (secondary N) is 1. The number of ether oxygens (including phenoxy) is 1. The van der Waals surface area contributed by atoms with E-state index in [0.717, 1.165) is 12.8 Å². The van der Waals surface area contributed by atoms with Gasteiger partial charge < -0.3 is 20.1 Å². The third kappa shape index (κ3) is 4.09. The van der Waals surface area contributed by atoms with E-state index in [2.05, 4.69) is 5.32 Å². The molecule has 0 radical (unpaired) electrons. The number of urea groups is 1. The number of hydrogen-bond acceptors (Lipinski definition) is 4. The van der Waals surface area contributed by atoms with Crippen LogP contribution in [0.3, 0.4) is 0 Å². The first-order valence-electron chi connectivity index (χ1n) is 7.34. The van der Waals surface area contributed by atoms with Crippen molar-refractivity contribution in [3.05, 3.63) is 0 Å². The van der Waals surface area contributed by atoms with E-state index >= 15 is 0 Å². The minimum absolute atomic E-state index is 0.256. The van der Waals surface area contributed by atoms with E-state index in [-0.39, 0.29) is 13.0 Å². The van der Waals surface area contributed by atoms with Gasteiger partial charge in [-0.1, -0.05) is 6.92 Å². The molecule has 2 unspecified atom stereocenters. The van der Waals surface area contributed by atoms with Gasteiger partial charge in [0.05, 0.1) is 6.61 Å². The normalized spacial score (nSPS) is 21.3. The number of amides is 2. The summed E-state index contributed by atoms with van der Waals surface area (Å²) in [6.07, 6.45) is 2.44. The number of nitrogens with zero attached hydrogens (tertiary/aromatic N) is 1. The number of esters is 1. The van der Waals surface area contributed by atoms with Gasteiger partial charge >= 0.3 is 18.0 Å². The Morgan fingerprint density at radius 3 is 2.52 bits per heavy atom. The van der Waals surface area contributed by atoms with Gasteiger partial charge in [0.2, 0.25) is 0 Å². The molecule has 0 saturated carbocycles. The van der Waals surface area contributed by atoms with E-state index < -0.39 is 29.6 Å². The fourth-order valence-corrected chi connectivity index (χ4v) is 2.26. The SMILES string of the molecule is CCOC(=O)C1CCCCN1C(=O)NC(C)(CC)C(=O)O. The lowest BCUT2D eigenvalue weighted by Crippen LogP contribution is -2.59. The lowest BCUT2D eigenvalue weighted by atomic mass is 9.99. The van der Waals surface area contributed by atoms with Crippen LogP contribution in [0.5, 0.6) is 0 Å². The zero-order valence-corrected chi connectivity index (χ0v) is 12.8. The third-order valence-corrected chi connectivity index (χ3v) is 3.88. The molecule has 21 heavy (non-hydrogen) atoms. The maximum absolute atomic E-state index is 12.3. The molecule has 1 saturated heterocycles. The largest absolute Gasteiger partial charge is 0.480 e. The quantitative estimate of drug-likeness (QED) is 0.747. The Kier molecular flexibility index (Phi) is 5.99. The predicted octanol–water partition coefficient (Wildman–Crippen LogP) is 1.37. The first-order chi connectivity index (χ1) is 9.85. The summed E-state index contributed by atoms with van der Waals surface area (Å²) >= 11 is 0. The Bertz CT molecular complexity index is 412. The van der Waals surface area contributed by atoms with Gasteiger partial charge in [-0.05, 0) is 39.5 Å². The van der Waals surface area contributed by atoms with Crippen molar-refractivity contribution in [2.75, 3.05) is 13.2 Å². The van der Waals surface area contributed by atoms with Crippen LogP contribution in [0.2, 0.25) is 0 Å². The number of hydrogen-bond donors (Lipinski definition) is 2. The molecule has 2 amide bonds. The summed E-state index contributed by atoms with van der Waals surface area (Å²) in [6, 6.07) is -1.16. The van der Waals surface area contributed by atoms with E-state index in [4.69, 9.17) is 4.74 Å². The second-order valence-electron chi connectivity index (χ2n) is 5.38. The molecule has 1 rings (SSSR count). The summed E-state index contributed by atoms with van der Waals surface area (Å²) in [5, 5.41) is 11.7. The van der Waals surface area contributed by atoms with Crippen molar-refractivity contribution < 1.29 is 24.2 Å². The Morgan fingerprint density at radius 2 is 2.00 bits per heavy atom. The smallest absolute Gasteiger partial charge is 0.329 e. The molecule has 1 aliphatic heterocycles. The molecule has 2 atom stereocenters. The van der Waals surface area contributed by atoms with Gasteiger partial charge in [-0.3, -0.25) is 0 Å². The van der Waals surface area contributed by atoms with E-state index in [1.54, 1.807) is 13.8 Å². The molecule has 1 heterocycles. The first kappa shape index (κ1) is 17.3. The van der Waals surface area contributed by atoms with E-state index in [1.165, 1.54) is 11.8 Å². The molecule has 7 nitrogen and oxygen atoms in total. The maximum Gasteiger partial charge on any atom is 0.329 e. The summed E-state index contributed by atoms with van der Waals surface area (Å²) < 4.78 is 4.99. The molecule has 0 aromatic heterocycles. The number of piperidine rings is 1. The van der Waals surface area contributed by atoms with Crippen LogP contribution < -0.4 is 5.32 Å². The number of carboxylic acid groups (broad SMARTS) is 1. The zero-order valence-electron chi connectivity index (χ0n) is 12.8. The highest BCUT2D eigenvalue weighted by atomic mass is 16.5. The summed E-state index contributed by atoms with van der Waals surface area (Å²) in [5.41, 5.74) is -1.34. The Labute approximate surface area is 124 Å². The van der Waals surface area contributed by atoms with Crippen LogP contribution in [0.4, 0.5) is 4.79 Å². The molecule has 2 N–H and O–H groups in total. The van der Waals surface area contributed by atoms with Crippen molar-refractivity contribution in [2.45, 2.75) is 58.0 Å². The van der Waals surface area contributed by atoms with Crippen LogP contribution in [-0.4, -0.2) is 52.7 Å². The fourth-order valence-electron chi connectivity index (χ4n) is 2.26. The third-order valence-electron chi connectivity index (χ3n) is 3.88. The van der Waals surface area contributed by atoms with Crippen molar-refractivity contribution >= 4 is 18.0 Å². The number of carboxylic acids is 1. The average Bonchev–Trinajstić information content (AvgIpc) is 2.47. The van der Waals surface area contributed by atoms with Gasteiger partial charge in [-0.25, -0.2) is 14.4 Å². The van der Waals surface area contributed by atoms with Crippen LogP contribution in [0, 0.1) is 0 Å². The molecule has 1 fully saturated rings. The number of rotatable bonds is 5. The summed E-state index contributed by atoms with van der Waals surface area (Å²) in [6.45, 7) is 5.54. The van der Waals surface area contributed by atoms with Crippen LogP contribution in [0.15, 0.2) is 0 Å². The number of aliphatic carboxylic acids is 1. The van der Waals surface area contributed by atoms with E-state index in [0.29, 0.717) is 13.0 Å². The minimum Gasteiger partial charge on any atom is -0.480 e. The maximum atomic E-state index is 12.3. The van der Waals surface area contributed by atoms with Crippen molar-refractivity contribution in [1.29, 1.82) is 0 Å². The molecule has 7 heteroatoms. The summed E-state index contributed by atoms with van der Waals surface area (Å²) in [7, 11) is 0. The first-order valence-corrected chi connectivity index (χ1v) is 7.34. The van der Waals surface area contributed by atoms with Gasteiger partial charge in [-0.2, -0.15) is 0 Å². The van der Waals surface area contributed by atoms with Crippen LogP contribution in [0.1, 0.15) is 46.5 Å². The highest BCUT2D eigenvalue weighted by molar-refractivity contribution is 5.88. The zero-order chi connectivity index (χ0) is 16.0. The highest BCUT2D eigenvalue weighted by Crippen LogP contribution is 2.20. The molecule has 120 valence electrons. The van der Waals surface area contributed by atoms with Crippen molar-refractivity contribution in [3.8, 4) is 0 Å². The van der Waals surface area contributed by atoms with Gasteiger partial charge in [0.15, 0.2) is 0 Å². The van der Waals surface area contributed by atoms with Crippen molar-refractivity contribution in [1.82, 2.24) is 10.2 Å². The predicted molar refractivity (Wildman–Crippen MR) is 75.8 cm³/mol. The summed E-state index contributed by atoms with van der Waals surface area (Å²) in [4.78, 5) is 36.9. The summed E-state index contributed by atoms with van der Waals surface area (Å²) in [5.74, 6) is -1.52. The Morgan fingerprint density at radius 1 is 1.33 bits per heavy atom. The average molecular weight is 300 g/mol. The van der Waals surface area contributed by atoms with Crippen LogP contribution >= 0.6 is 0 Å². The molecular formula is C14H24N2O5. The molecular weight excluding hydrogens is 276 g/mol. The monoisotopic (exact) mass is 300 g/mol. The van der Waals surface area contributed by atoms with Crippen molar-refractivity contribution in [2.24, 2.45) is 0 Å². The second-order valence-corrected chi connectivity index (χ2v) is 5.38. The van der Waals surface area contributed by atoms with E-state index in [9.17, 15) is 19.5 Å². The molecule has 0 spiro atoms. The van der Waals surface area contributed by atoms with Crippen LogP contribution in [-0.2, 0) is 14.3 Å². The number of carbonyl (C=O) groups is 3. The second kappa shape index (κ2) is 7.28. The molecule has 1 aliphatic rings. The topological polar surface area (TPSA) is 95.9 Å². The van der Waals surface area contributed by atoms with Gasteiger partial charge in [0, 0.05) is 6.54 Å². The van der Waals surface area contributed by atoms with Gasteiger partial charge in [0.1, 0.15) is 11.6 Å². The molecule has 0 aromatic rings. The van der Waals surface area contributed by atoms with Gasteiger partial charge in [0.25, 0.3) is 0 Å². The lowest BCUT2D eigenvalue weighted by molar-refractivity contribution is -0.149. The molecule has 0 bridgehead atoms. The van der Waals surface area contributed by atoms with Gasteiger partial charge in [-0.15, -0.1) is 0 Å². The Balaban J connectivity index is 2.82. The molecule has 0 aliphatic carbocycles. The van der Waals surface area contributed by atoms with Crippen molar-refractivity contribution in [3.63, 3.8) is 0 Å². The van der Waals surface area contributed by atoms with Crippen LogP contribution in [0.25, 0.3) is 0 Å². The highest BCUT2D eigenvalue weighted by Gasteiger charge is 2.38. The fraction of sp³-hybridized carbons (Fsp3) is 0.786. The Hall–Kier alpha value is -1.79. The number of likely N-dealkylation sites (tertiary alicyclic amines) is 1. The lowest BCUT2D eigenvalue weighted by Gasteiger charge is -2.36. The standard InChI is InChI=1S/C14H24N2O5/c1-4-14(3,12(18)19)15-13(20)16-9-7-6-8-10(16)11(17)21-5-2/h10H,4-9H2,1-3H3,(H,15,20)(H,18,19). The minimum atomic E-state index is -1.34. The van der Waals surface area contributed by atoms with E-state index in [1.807, 2.05) is 0 Å². The number of carbonyl (C=O) groups excluding carboxylic acids is 2.